The number of rotatable bonds is 6. The molecule has 0 N–H and O–H groups in total. The molecule has 0 heterocycles. The SMILES string of the molecule is CCO/C(=C\C(C#N)(O[Si](C)(C)C)C(F)(F)F)c1ccc2ccccc2c1. The minimum Gasteiger partial charge on any atom is -0.493 e. The summed E-state index contributed by atoms with van der Waals surface area (Å²) in [7, 11) is -2.70. The van der Waals surface area contributed by atoms with E-state index < -0.39 is 20.1 Å². The van der Waals surface area contributed by atoms with E-state index in [0.717, 1.165) is 16.8 Å². The van der Waals surface area contributed by atoms with Crippen LogP contribution in [-0.2, 0) is 9.16 Å². The molecule has 0 saturated carbocycles. The highest BCUT2D eigenvalue weighted by atomic mass is 28.4. The first kappa shape index (κ1) is 21.0. The first-order valence-corrected chi connectivity index (χ1v) is 11.9. The molecule has 144 valence electrons. The molecule has 2 aromatic rings. The van der Waals surface area contributed by atoms with Gasteiger partial charge in [-0.15, -0.1) is 0 Å². The van der Waals surface area contributed by atoms with E-state index in [2.05, 4.69) is 0 Å². The Bertz CT molecular complexity index is 881. The summed E-state index contributed by atoms with van der Waals surface area (Å²) < 4.78 is 52.4. The Morgan fingerprint density at radius 1 is 1.11 bits per heavy atom. The van der Waals surface area contributed by atoms with Gasteiger partial charge in [0.1, 0.15) is 11.8 Å². The first-order chi connectivity index (χ1) is 12.5. The third-order valence-corrected chi connectivity index (χ3v) is 4.66. The lowest BCUT2D eigenvalue weighted by molar-refractivity contribution is -0.210. The summed E-state index contributed by atoms with van der Waals surface area (Å²) >= 11 is 0. The molecule has 0 saturated heterocycles. The monoisotopic (exact) mass is 393 g/mol. The van der Waals surface area contributed by atoms with Gasteiger partial charge in [0.05, 0.1) is 6.61 Å². The zero-order valence-corrected chi connectivity index (χ0v) is 16.7. The molecule has 2 rings (SSSR count). The van der Waals surface area contributed by atoms with E-state index in [1.54, 1.807) is 44.8 Å². The van der Waals surface area contributed by atoms with Crippen LogP contribution in [0.3, 0.4) is 0 Å². The molecule has 0 aliphatic heterocycles. The van der Waals surface area contributed by atoms with Crippen LogP contribution in [-0.4, -0.2) is 26.7 Å². The summed E-state index contributed by atoms with van der Waals surface area (Å²) in [4.78, 5) is 0. The van der Waals surface area contributed by atoms with Crippen LogP contribution < -0.4 is 0 Å². The molecule has 7 heteroatoms. The van der Waals surface area contributed by atoms with Gasteiger partial charge in [0.15, 0.2) is 8.32 Å². The number of benzene rings is 2. The minimum absolute atomic E-state index is 0.0274. The molecule has 0 bridgehead atoms. The summed E-state index contributed by atoms with van der Waals surface area (Å²) in [5, 5.41) is 11.3. The number of fused-ring (bicyclic) bond motifs is 1. The average Bonchev–Trinajstić information content (AvgIpc) is 2.58. The fourth-order valence-corrected chi connectivity index (χ4v) is 3.85. The number of ether oxygens (including phenoxy) is 1. The Hall–Kier alpha value is -2.30. The van der Waals surface area contributed by atoms with Crippen molar-refractivity contribution < 1.29 is 22.3 Å². The number of halogens is 3. The van der Waals surface area contributed by atoms with E-state index in [-0.39, 0.29) is 12.4 Å². The van der Waals surface area contributed by atoms with Crippen molar-refractivity contribution >= 4 is 24.8 Å². The van der Waals surface area contributed by atoms with Crippen LogP contribution in [0.2, 0.25) is 19.6 Å². The van der Waals surface area contributed by atoms with E-state index >= 15 is 0 Å². The van der Waals surface area contributed by atoms with Gasteiger partial charge in [-0.25, -0.2) is 0 Å². The number of nitrogens with zero attached hydrogens (tertiary/aromatic N) is 1. The third kappa shape index (κ3) is 4.90. The van der Waals surface area contributed by atoms with Crippen molar-refractivity contribution in [1.82, 2.24) is 0 Å². The van der Waals surface area contributed by atoms with E-state index in [9.17, 15) is 18.4 Å². The van der Waals surface area contributed by atoms with E-state index in [1.165, 1.54) is 6.07 Å². The highest BCUT2D eigenvalue weighted by Crippen LogP contribution is 2.39. The van der Waals surface area contributed by atoms with E-state index in [4.69, 9.17) is 9.16 Å². The van der Waals surface area contributed by atoms with E-state index in [0.29, 0.717) is 5.56 Å². The van der Waals surface area contributed by atoms with Crippen molar-refractivity contribution in [3.63, 3.8) is 0 Å². The highest BCUT2D eigenvalue weighted by molar-refractivity contribution is 6.69. The topological polar surface area (TPSA) is 42.2 Å². The molecule has 3 nitrogen and oxygen atoms in total. The summed E-state index contributed by atoms with van der Waals surface area (Å²) in [5.74, 6) is -0.0274. The second-order valence-corrected chi connectivity index (χ2v) is 11.5. The van der Waals surface area contributed by atoms with Gasteiger partial charge in [-0.2, -0.15) is 18.4 Å². The Labute approximate surface area is 158 Å². The van der Waals surface area contributed by atoms with Crippen molar-refractivity contribution in [2.45, 2.75) is 38.3 Å². The maximum Gasteiger partial charge on any atom is 0.434 e. The largest absolute Gasteiger partial charge is 0.493 e. The summed E-state index contributed by atoms with van der Waals surface area (Å²) in [6, 6.07) is 14.1. The molecular weight excluding hydrogens is 371 g/mol. The molecule has 0 fully saturated rings. The van der Waals surface area contributed by atoms with Crippen LogP contribution in [0.25, 0.3) is 16.5 Å². The molecular formula is C20H22F3NO2Si. The summed E-state index contributed by atoms with van der Waals surface area (Å²) in [6.45, 7) is 6.65. The number of hydrogen-bond acceptors (Lipinski definition) is 3. The van der Waals surface area contributed by atoms with Gasteiger partial charge in [0, 0.05) is 11.6 Å². The predicted octanol–water partition coefficient (Wildman–Crippen LogP) is 5.89. The molecule has 0 aromatic heterocycles. The molecule has 0 aliphatic carbocycles. The summed E-state index contributed by atoms with van der Waals surface area (Å²) in [6.07, 6.45) is -4.14. The molecule has 2 aromatic carbocycles. The zero-order chi connectivity index (χ0) is 20.3. The molecule has 0 spiro atoms. The van der Waals surface area contributed by atoms with Gasteiger partial charge in [-0.05, 0) is 43.4 Å². The standard InChI is InChI=1S/C20H22F3NO2Si/c1-5-25-18(17-11-10-15-8-6-7-9-16(15)12-17)13-19(14-24,20(21,22)23)26-27(2,3)4/h6-13H,5H2,1-4H3/b18-13-. The quantitative estimate of drug-likeness (QED) is 0.454. The Morgan fingerprint density at radius 2 is 1.74 bits per heavy atom. The van der Waals surface area contributed by atoms with Gasteiger partial charge in [-0.1, -0.05) is 36.4 Å². The number of hydrogen-bond donors (Lipinski definition) is 0. The number of alkyl halides is 3. The van der Waals surface area contributed by atoms with Crippen LogP contribution in [0, 0.1) is 11.3 Å². The normalized spacial score (nSPS) is 15.3. The summed E-state index contributed by atoms with van der Waals surface area (Å²) in [5.41, 5.74) is -2.60. The lowest BCUT2D eigenvalue weighted by Crippen LogP contribution is -2.51. The van der Waals surface area contributed by atoms with Gasteiger partial charge >= 0.3 is 6.18 Å². The van der Waals surface area contributed by atoms with Crippen molar-refractivity contribution in [3.05, 3.63) is 54.1 Å². The molecule has 0 aliphatic rings. The van der Waals surface area contributed by atoms with Gasteiger partial charge < -0.3 is 9.16 Å². The molecule has 0 radical (unpaired) electrons. The Balaban J connectivity index is 2.65. The predicted molar refractivity (Wildman–Crippen MR) is 102 cm³/mol. The lowest BCUT2D eigenvalue weighted by Gasteiger charge is -2.33. The van der Waals surface area contributed by atoms with Gasteiger partial charge in [0.2, 0.25) is 0 Å². The fourth-order valence-electron chi connectivity index (χ4n) is 2.66. The zero-order valence-electron chi connectivity index (χ0n) is 15.7. The average molecular weight is 393 g/mol. The van der Waals surface area contributed by atoms with Crippen molar-refractivity contribution in [1.29, 1.82) is 5.26 Å². The highest BCUT2D eigenvalue weighted by Gasteiger charge is 2.58. The Kier molecular flexibility index (Phi) is 6.03. The van der Waals surface area contributed by atoms with E-state index in [1.807, 2.05) is 24.3 Å². The van der Waals surface area contributed by atoms with Crippen LogP contribution >= 0.6 is 0 Å². The Morgan fingerprint density at radius 3 is 2.26 bits per heavy atom. The minimum atomic E-state index is -4.90. The third-order valence-electron chi connectivity index (χ3n) is 3.72. The van der Waals surface area contributed by atoms with Crippen LogP contribution in [0.5, 0.6) is 0 Å². The first-order valence-electron chi connectivity index (χ1n) is 8.54. The van der Waals surface area contributed by atoms with Crippen LogP contribution in [0.4, 0.5) is 13.2 Å². The molecule has 1 unspecified atom stereocenters. The maximum atomic E-state index is 13.8. The molecule has 1 atom stereocenters. The second kappa shape index (κ2) is 7.75. The van der Waals surface area contributed by atoms with Crippen LogP contribution in [0.15, 0.2) is 48.5 Å². The smallest absolute Gasteiger partial charge is 0.434 e. The van der Waals surface area contributed by atoms with Crippen molar-refractivity contribution in [2.75, 3.05) is 6.61 Å². The van der Waals surface area contributed by atoms with Crippen LogP contribution in [0.1, 0.15) is 12.5 Å². The maximum absolute atomic E-state index is 13.8. The molecule has 27 heavy (non-hydrogen) atoms. The second-order valence-electron chi connectivity index (χ2n) is 7.06. The fraction of sp³-hybridized carbons (Fsp3) is 0.350. The molecule has 0 amide bonds. The van der Waals surface area contributed by atoms with Crippen molar-refractivity contribution in [2.24, 2.45) is 0 Å². The van der Waals surface area contributed by atoms with Gasteiger partial charge in [0.25, 0.3) is 5.60 Å². The number of nitriles is 1. The van der Waals surface area contributed by atoms with Gasteiger partial charge in [-0.3, -0.25) is 0 Å². The lowest BCUT2D eigenvalue weighted by atomic mass is 10.0. The van der Waals surface area contributed by atoms with Crippen molar-refractivity contribution in [3.8, 4) is 6.07 Å².